The van der Waals surface area contributed by atoms with Gasteiger partial charge in [-0.15, -0.1) is 0 Å². The van der Waals surface area contributed by atoms with Crippen molar-refractivity contribution in [2.75, 3.05) is 5.73 Å². The number of hydrogen-bond acceptors (Lipinski definition) is 4. The summed E-state index contributed by atoms with van der Waals surface area (Å²) in [5, 5.41) is 0. The van der Waals surface area contributed by atoms with Gasteiger partial charge in [0.25, 0.3) is 0 Å². The van der Waals surface area contributed by atoms with Crippen LogP contribution in [0, 0.1) is 5.82 Å². The molecule has 1 aromatic rings. The van der Waals surface area contributed by atoms with Gasteiger partial charge >= 0.3 is 7.12 Å². The Morgan fingerprint density at radius 2 is 1.76 bits per heavy atom. The Bertz CT molecular complexity index is 435. The summed E-state index contributed by atoms with van der Waals surface area (Å²) in [7, 11) is -0.609. The van der Waals surface area contributed by atoms with Crippen LogP contribution in [0.4, 0.5) is 10.2 Å². The fourth-order valence-corrected chi connectivity index (χ4v) is 1.57. The van der Waals surface area contributed by atoms with Crippen molar-refractivity contribution in [3.8, 4) is 0 Å². The smallest absolute Gasteiger partial charge is 0.399 e. The van der Waals surface area contributed by atoms with Crippen molar-refractivity contribution in [2.45, 2.75) is 38.9 Å². The quantitative estimate of drug-likeness (QED) is 0.744. The molecule has 0 unspecified atom stereocenters. The maximum Gasteiger partial charge on any atom is 0.496 e. The molecule has 0 amide bonds. The lowest BCUT2D eigenvalue weighted by Crippen LogP contribution is -2.41. The third-order valence-electron chi connectivity index (χ3n) is 3.42. The highest BCUT2D eigenvalue weighted by Crippen LogP contribution is 2.36. The minimum atomic E-state index is -0.609. The number of aromatic nitrogens is 1. The molecule has 0 radical (unpaired) electrons. The normalized spacial score (nSPS) is 21.8. The van der Waals surface area contributed by atoms with Crippen LogP contribution < -0.4 is 11.2 Å². The molecule has 2 rings (SSSR count). The van der Waals surface area contributed by atoms with Gasteiger partial charge in [-0.05, 0) is 33.8 Å². The molecule has 0 saturated carbocycles. The van der Waals surface area contributed by atoms with Gasteiger partial charge in [0.2, 0.25) is 0 Å². The van der Waals surface area contributed by atoms with Gasteiger partial charge in [0.05, 0.1) is 11.2 Å². The number of pyridine rings is 1. The van der Waals surface area contributed by atoms with Crippen molar-refractivity contribution in [3.63, 3.8) is 0 Å². The van der Waals surface area contributed by atoms with Crippen LogP contribution >= 0.6 is 0 Å². The van der Waals surface area contributed by atoms with E-state index in [0.717, 1.165) is 0 Å². The molecule has 17 heavy (non-hydrogen) atoms. The summed E-state index contributed by atoms with van der Waals surface area (Å²) < 4.78 is 24.9. The van der Waals surface area contributed by atoms with E-state index in [-0.39, 0.29) is 5.82 Å². The van der Waals surface area contributed by atoms with E-state index in [2.05, 4.69) is 4.98 Å². The van der Waals surface area contributed by atoms with Gasteiger partial charge in [0.1, 0.15) is 0 Å². The molecule has 92 valence electrons. The van der Waals surface area contributed by atoms with Crippen LogP contribution in [0.2, 0.25) is 0 Å². The van der Waals surface area contributed by atoms with Gasteiger partial charge in [-0.2, -0.15) is 0 Å². The minimum Gasteiger partial charge on any atom is -0.399 e. The molecular weight excluding hydrogens is 222 g/mol. The zero-order chi connectivity index (χ0) is 12.8. The lowest BCUT2D eigenvalue weighted by Gasteiger charge is -2.32. The van der Waals surface area contributed by atoms with Crippen LogP contribution in [-0.2, 0) is 9.31 Å². The Labute approximate surface area is 100 Å². The molecule has 0 bridgehead atoms. The highest BCUT2D eigenvalue weighted by atomic mass is 19.1. The zero-order valence-electron chi connectivity index (χ0n) is 10.5. The van der Waals surface area contributed by atoms with Crippen LogP contribution in [0.3, 0.4) is 0 Å². The van der Waals surface area contributed by atoms with E-state index in [9.17, 15) is 4.39 Å². The fourth-order valence-electron chi connectivity index (χ4n) is 1.57. The summed E-state index contributed by atoms with van der Waals surface area (Å²) in [5.41, 5.74) is 4.97. The topological polar surface area (TPSA) is 57.4 Å². The molecule has 0 aliphatic carbocycles. The predicted octanol–water partition coefficient (Wildman–Crippen LogP) is 1.10. The first-order chi connectivity index (χ1) is 7.73. The highest BCUT2D eigenvalue weighted by Gasteiger charge is 2.51. The maximum absolute atomic E-state index is 13.3. The molecule has 1 saturated heterocycles. The Kier molecular flexibility index (Phi) is 2.67. The molecule has 6 heteroatoms. The molecule has 1 fully saturated rings. The number of halogens is 1. The maximum atomic E-state index is 13.3. The molecule has 1 aromatic heterocycles. The van der Waals surface area contributed by atoms with Crippen molar-refractivity contribution < 1.29 is 13.7 Å². The van der Waals surface area contributed by atoms with E-state index in [1.54, 1.807) is 0 Å². The van der Waals surface area contributed by atoms with Crippen molar-refractivity contribution in [2.24, 2.45) is 0 Å². The van der Waals surface area contributed by atoms with Gasteiger partial charge < -0.3 is 15.0 Å². The minimum absolute atomic E-state index is 0.120. The average molecular weight is 238 g/mol. The van der Waals surface area contributed by atoms with Crippen molar-refractivity contribution in [1.29, 1.82) is 0 Å². The van der Waals surface area contributed by atoms with Crippen LogP contribution in [0.5, 0.6) is 0 Å². The van der Waals surface area contributed by atoms with Gasteiger partial charge in [-0.1, -0.05) is 0 Å². The third kappa shape index (κ3) is 2.02. The van der Waals surface area contributed by atoms with E-state index in [1.807, 2.05) is 27.7 Å². The first-order valence-corrected chi connectivity index (χ1v) is 5.49. The molecule has 4 nitrogen and oxygen atoms in total. The van der Waals surface area contributed by atoms with Gasteiger partial charge in [0, 0.05) is 11.7 Å². The number of anilines is 1. The number of hydrogen-bond donors (Lipinski definition) is 1. The molecular formula is C11H16BFN2O2. The van der Waals surface area contributed by atoms with Gasteiger partial charge in [0.15, 0.2) is 11.6 Å². The molecule has 2 N–H and O–H groups in total. The predicted molar refractivity (Wildman–Crippen MR) is 64.3 cm³/mol. The summed E-state index contributed by atoms with van der Waals surface area (Å²) in [4.78, 5) is 3.76. The van der Waals surface area contributed by atoms with Gasteiger partial charge in [-0.25, -0.2) is 9.37 Å². The molecule has 1 aliphatic heterocycles. The second-order valence-corrected chi connectivity index (χ2v) is 5.22. The highest BCUT2D eigenvalue weighted by molar-refractivity contribution is 6.62. The third-order valence-corrected chi connectivity index (χ3v) is 3.42. The van der Waals surface area contributed by atoms with E-state index in [0.29, 0.717) is 5.46 Å². The average Bonchev–Trinajstić information content (AvgIpc) is 2.41. The van der Waals surface area contributed by atoms with Crippen molar-refractivity contribution >= 4 is 18.4 Å². The van der Waals surface area contributed by atoms with Crippen LogP contribution in [-0.4, -0.2) is 23.3 Å². The van der Waals surface area contributed by atoms with Crippen LogP contribution in [0.1, 0.15) is 27.7 Å². The monoisotopic (exact) mass is 238 g/mol. The largest absolute Gasteiger partial charge is 0.496 e. The molecule has 2 heterocycles. The zero-order valence-corrected chi connectivity index (χ0v) is 10.5. The molecule has 0 atom stereocenters. The molecule has 0 spiro atoms. The molecule has 0 aromatic carbocycles. The Morgan fingerprint density at radius 1 is 1.24 bits per heavy atom. The first-order valence-electron chi connectivity index (χ1n) is 5.49. The Balaban J connectivity index is 2.29. The summed E-state index contributed by atoms with van der Waals surface area (Å²) >= 11 is 0. The van der Waals surface area contributed by atoms with E-state index in [4.69, 9.17) is 15.0 Å². The second kappa shape index (κ2) is 3.68. The van der Waals surface area contributed by atoms with Gasteiger partial charge in [-0.3, -0.25) is 0 Å². The number of rotatable bonds is 1. The fraction of sp³-hybridized carbons (Fsp3) is 0.545. The van der Waals surface area contributed by atoms with Crippen molar-refractivity contribution in [3.05, 3.63) is 18.1 Å². The number of nitrogen functional groups attached to an aromatic ring is 1. The summed E-state index contributed by atoms with van der Waals surface area (Å²) in [5.74, 6) is -0.678. The van der Waals surface area contributed by atoms with E-state index < -0.39 is 24.1 Å². The Morgan fingerprint density at radius 3 is 2.24 bits per heavy atom. The van der Waals surface area contributed by atoms with Crippen LogP contribution in [0.25, 0.3) is 0 Å². The number of nitrogens with two attached hydrogens (primary N) is 1. The van der Waals surface area contributed by atoms with Crippen molar-refractivity contribution in [1.82, 2.24) is 4.98 Å². The molecule has 1 aliphatic rings. The SMILES string of the molecule is CC1(C)OB(c2cnc(N)c(F)c2)OC1(C)C. The summed E-state index contributed by atoms with van der Waals surface area (Å²) in [6.45, 7) is 7.75. The Hall–Kier alpha value is -1.14. The standard InChI is InChI=1S/C11H16BFN2O2/c1-10(2)11(3,4)17-12(16-10)7-5-8(13)9(14)15-6-7/h5-6H,1-4H3,(H2,14,15). The lowest BCUT2D eigenvalue weighted by molar-refractivity contribution is 0.00578. The second-order valence-electron chi connectivity index (χ2n) is 5.22. The number of nitrogens with zero attached hydrogens (tertiary/aromatic N) is 1. The summed E-state index contributed by atoms with van der Waals surface area (Å²) in [6, 6.07) is 1.30. The first kappa shape index (κ1) is 12.3. The van der Waals surface area contributed by atoms with E-state index in [1.165, 1.54) is 12.3 Å². The van der Waals surface area contributed by atoms with Crippen LogP contribution in [0.15, 0.2) is 12.3 Å². The van der Waals surface area contributed by atoms with E-state index >= 15 is 0 Å². The lowest BCUT2D eigenvalue weighted by atomic mass is 9.80. The summed E-state index contributed by atoms with van der Waals surface area (Å²) in [6.07, 6.45) is 1.47.